The summed E-state index contributed by atoms with van der Waals surface area (Å²) in [4.78, 5) is 32.6. The minimum absolute atomic E-state index is 0.173. The Morgan fingerprint density at radius 3 is 2.68 bits per heavy atom. The summed E-state index contributed by atoms with van der Waals surface area (Å²) in [6.45, 7) is 3.59. The molecule has 3 heterocycles. The third-order valence-corrected chi connectivity index (χ3v) is 8.44. The third kappa shape index (κ3) is 5.14. The lowest BCUT2D eigenvalue weighted by molar-refractivity contribution is -0.139. The van der Waals surface area contributed by atoms with Crippen LogP contribution in [0.1, 0.15) is 31.2 Å². The number of carbonyl (C=O) groups is 1. The van der Waals surface area contributed by atoms with Crippen LogP contribution in [0.4, 0.5) is 4.39 Å². The number of rotatable bonds is 6. The fourth-order valence-corrected chi connectivity index (χ4v) is 6.36. The normalized spacial score (nSPS) is 15.5. The summed E-state index contributed by atoms with van der Waals surface area (Å²) in [6, 6.07) is 16.5. The molecule has 0 spiro atoms. The fraction of sp³-hybridized carbons (Fsp3) is 0.148. The first kappa shape index (κ1) is 25.4. The number of esters is 1. The average molecular weight is 600 g/mol. The molecule has 6 nitrogen and oxygen atoms in total. The number of hydrogen-bond donors (Lipinski definition) is 0. The Morgan fingerprint density at radius 1 is 1.24 bits per heavy atom. The van der Waals surface area contributed by atoms with E-state index in [1.165, 1.54) is 39.8 Å². The van der Waals surface area contributed by atoms with Gasteiger partial charge in [-0.25, -0.2) is 14.2 Å². The molecule has 1 aliphatic rings. The second kappa shape index (κ2) is 10.6. The minimum Gasteiger partial charge on any atom is -0.463 e. The van der Waals surface area contributed by atoms with E-state index in [1.807, 2.05) is 30.3 Å². The third-order valence-electron chi connectivity index (χ3n) is 5.60. The molecule has 10 heteroatoms. The zero-order valence-electron chi connectivity index (χ0n) is 19.7. The van der Waals surface area contributed by atoms with E-state index in [0.717, 1.165) is 9.37 Å². The largest absolute Gasteiger partial charge is 0.463 e. The summed E-state index contributed by atoms with van der Waals surface area (Å²) in [6.07, 6.45) is 1.66. The van der Waals surface area contributed by atoms with Crippen LogP contribution in [0.15, 0.2) is 101 Å². The van der Waals surface area contributed by atoms with E-state index >= 15 is 0 Å². The predicted molar refractivity (Wildman–Crippen MR) is 144 cm³/mol. The highest BCUT2D eigenvalue weighted by molar-refractivity contribution is 9.10. The summed E-state index contributed by atoms with van der Waals surface area (Å²) in [7, 11) is 0. The first-order chi connectivity index (χ1) is 17.9. The highest BCUT2D eigenvalue weighted by Crippen LogP contribution is 2.36. The zero-order valence-corrected chi connectivity index (χ0v) is 23.0. The second-order valence-corrected chi connectivity index (χ2v) is 11.0. The Morgan fingerprint density at radius 2 is 1.97 bits per heavy atom. The lowest BCUT2D eigenvalue weighted by Crippen LogP contribution is -2.39. The lowest BCUT2D eigenvalue weighted by Gasteiger charge is -2.24. The number of fused-ring (bicyclic) bond motifs is 1. The molecular formula is C27H20BrFN2O4S2. The molecule has 0 radical (unpaired) electrons. The number of nitrogens with zero attached hydrogens (tertiary/aromatic N) is 2. The fourth-order valence-electron chi connectivity index (χ4n) is 3.99. The van der Waals surface area contributed by atoms with Gasteiger partial charge < -0.3 is 9.15 Å². The van der Waals surface area contributed by atoms with Gasteiger partial charge in [0.15, 0.2) is 9.89 Å². The molecule has 0 saturated carbocycles. The van der Waals surface area contributed by atoms with Crippen molar-refractivity contribution in [2.75, 3.05) is 6.61 Å². The molecule has 5 rings (SSSR count). The summed E-state index contributed by atoms with van der Waals surface area (Å²) < 4.78 is 27.6. The van der Waals surface area contributed by atoms with Gasteiger partial charge in [0.2, 0.25) is 0 Å². The average Bonchev–Trinajstić information content (AvgIpc) is 3.37. The van der Waals surface area contributed by atoms with Crippen LogP contribution in [0.25, 0.3) is 6.08 Å². The smallest absolute Gasteiger partial charge is 0.338 e. The van der Waals surface area contributed by atoms with Crippen LogP contribution >= 0.6 is 39.0 Å². The number of ether oxygens (including phenoxy) is 1. The molecule has 0 aliphatic carbocycles. The molecule has 2 aromatic heterocycles. The van der Waals surface area contributed by atoms with Crippen molar-refractivity contribution in [3.8, 4) is 0 Å². The van der Waals surface area contributed by atoms with Gasteiger partial charge in [0.25, 0.3) is 5.56 Å². The summed E-state index contributed by atoms with van der Waals surface area (Å²) in [5.74, 6) is -0.484. The van der Waals surface area contributed by atoms with Gasteiger partial charge in [-0.2, -0.15) is 0 Å². The maximum Gasteiger partial charge on any atom is 0.338 e. The molecule has 0 saturated heterocycles. The van der Waals surface area contributed by atoms with E-state index in [4.69, 9.17) is 9.15 Å². The SMILES string of the molecule is CCOC(=O)C1=C(C)N=c2s/c(=C/c3cc(Br)c(Sc4ccccc4)o3)c(=O)n2[C@H]1c1ccc(F)cc1. The van der Waals surface area contributed by atoms with E-state index in [1.54, 1.807) is 38.1 Å². The van der Waals surface area contributed by atoms with Crippen LogP contribution in [0.2, 0.25) is 0 Å². The molecule has 1 atom stereocenters. The van der Waals surface area contributed by atoms with Crippen LogP contribution in [-0.4, -0.2) is 17.1 Å². The van der Waals surface area contributed by atoms with Crippen molar-refractivity contribution >= 4 is 51.1 Å². The molecule has 188 valence electrons. The summed E-state index contributed by atoms with van der Waals surface area (Å²) in [5.41, 5.74) is 0.934. The number of hydrogen-bond acceptors (Lipinski definition) is 7. The number of allylic oxidation sites excluding steroid dienone is 1. The van der Waals surface area contributed by atoms with Crippen molar-refractivity contribution in [3.63, 3.8) is 0 Å². The number of aromatic nitrogens is 1. The maximum atomic E-state index is 13.7. The maximum absolute atomic E-state index is 13.7. The number of furan rings is 1. The molecule has 2 aromatic carbocycles. The molecule has 0 amide bonds. The Bertz CT molecular complexity index is 1690. The van der Waals surface area contributed by atoms with Gasteiger partial charge in [0.1, 0.15) is 11.6 Å². The molecule has 37 heavy (non-hydrogen) atoms. The van der Waals surface area contributed by atoms with Gasteiger partial charge in [-0.3, -0.25) is 9.36 Å². The van der Waals surface area contributed by atoms with E-state index in [0.29, 0.717) is 31.4 Å². The molecular weight excluding hydrogens is 579 g/mol. The van der Waals surface area contributed by atoms with Crippen molar-refractivity contribution in [1.82, 2.24) is 4.57 Å². The second-order valence-electron chi connectivity index (χ2n) is 8.05. The van der Waals surface area contributed by atoms with E-state index in [2.05, 4.69) is 20.9 Å². The van der Waals surface area contributed by atoms with Crippen LogP contribution in [0.3, 0.4) is 0 Å². The molecule has 1 aliphatic heterocycles. The first-order valence-electron chi connectivity index (χ1n) is 11.3. The minimum atomic E-state index is -0.800. The Labute approximate surface area is 227 Å². The van der Waals surface area contributed by atoms with Gasteiger partial charge in [-0.15, -0.1) is 0 Å². The van der Waals surface area contributed by atoms with E-state index < -0.39 is 17.8 Å². The zero-order chi connectivity index (χ0) is 26.1. The molecule has 0 unspecified atom stereocenters. The van der Waals surface area contributed by atoms with Gasteiger partial charge in [-0.05, 0) is 65.7 Å². The number of benzene rings is 2. The highest BCUT2D eigenvalue weighted by Gasteiger charge is 2.33. The lowest BCUT2D eigenvalue weighted by atomic mass is 9.96. The topological polar surface area (TPSA) is 73.8 Å². The van der Waals surface area contributed by atoms with Gasteiger partial charge >= 0.3 is 5.97 Å². The van der Waals surface area contributed by atoms with Gasteiger partial charge in [0.05, 0.1) is 32.9 Å². The van der Waals surface area contributed by atoms with Crippen molar-refractivity contribution < 1.29 is 18.3 Å². The number of thiazole rings is 1. The first-order valence-corrected chi connectivity index (χ1v) is 13.8. The van der Waals surface area contributed by atoms with Crippen molar-refractivity contribution in [3.05, 3.63) is 113 Å². The Hall–Kier alpha value is -3.21. The number of halogens is 2. The van der Waals surface area contributed by atoms with Crippen LogP contribution < -0.4 is 14.9 Å². The highest BCUT2D eigenvalue weighted by atomic mass is 79.9. The quantitative estimate of drug-likeness (QED) is 0.276. The molecule has 0 fully saturated rings. The predicted octanol–water partition coefficient (Wildman–Crippen LogP) is 5.44. The van der Waals surface area contributed by atoms with Crippen molar-refractivity contribution in [1.29, 1.82) is 0 Å². The van der Waals surface area contributed by atoms with Gasteiger partial charge in [0, 0.05) is 11.0 Å². The Kier molecular flexibility index (Phi) is 7.32. The van der Waals surface area contributed by atoms with E-state index in [9.17, 15) is 14.0 Å². The molecule has 4 aromatic rings. The molecule has 0 N–H and O–H groups in total. The van der Waals surface area contributed by atoms with Crippen LogP contribution in [0, 0.1) is 5.82 Å². The van der Waals surface area contributed by atoms with E-state index in [-0.39, 0.29) is 17.7 Å². The monoisotopic (exact) mass is 598 g/mol. The summed E-state index contributed by atoms with van der Waals surface area (Å²) >= 11 is 6.19. The van der Waals surface area contributed by atoms with Gasteiger partial charge in [-0.1, -0.05) is 53.4 Å². The number of carbonyl (C=O) groups excluding carboxylic acids is 1. The van der Waals surface area contributed by atoms with Crippen LogP contribution in [0.5, 0.6) is 0 Å². The van der Waals surface area contributed by atoms with Crippen LogP contribution in [-0.2, 0) is 9.53 Å². The Balaban J connectivity index is 1.61. The van der Waals surface area contributed by atoms with Crippen molar-refractivity contribution in [2.45, 2.75) is 29.9 Å². The standard InChI is InChI=1S/C27H20BrFN2O4S2/c1-3-34-25(33)22-15(2)30-27-31(23(22)16-9-11-17(29)12-10-16)24(32)21(37-27)14-18-13-20(28)26(35-18)36-19-7-5-4-6-8-19/h4-14,23H,3H2,1-2H3/b21-14+/t23-/m0/s1. The summed E-state index contributed by atoms with van der Waals surface area (Å²) in [5, 5.41) is 0.662. The van der Waals surface area contributed by atoms with Crippen molar-refractivity contribution in [2.24, 2.45) is 4.99 Å². The molecule has 0 bridgehead atoms.